The second kappa shape index (κ2) is 6.85. The van der Waals surface area contributed by atoms with E-state index < -0.39 is 25.3 Å². The molecule has 0 aliphatic rings. The van der Waals surface area contributed by atoms with Crippen LogP contribution in [0.2, 0.25) is 0 Å². The summed E-state index contributed by atoms with van der Waals surface area (Å²) in [6.07, 6.45) is -0.154. The SMILES string of the molecule is COC(=O)C(C)CP(=O)(O)C[C@@H](N)c1ccccc1. The van der Waals surface area contributed by atoms with E-state index in [2.05, 4.69) is 4.74 Å². The molecule has 0 bridgehead atoms. The Labute approximate surface area is 113 Å². The van der Waals surface area contributed by atoms with Gasteiger partial charge in [-0.05, 0) is 5.56 Å². The molecule has 19 heavy (non-hydrogen) atoms. The highest BCUT2D eigenvalue weighted by molar-refractivity contribution is 7.58. The summed E-state index contributed by atoms with van der Waals surface area (Å²) in [6.45, 7) is 1.57. The maximum atomic E-state index is 12.1. The minimum absolute atomic E-state index is 0.0433. The van der Waals surface area contributed by atoms with Crippen molar-refractivity contribution in [2.45, 2.75) is 13.0 Å². The summed E-state index contributed by atoms with van der Waals surface area (Å²) in [6, 6.07) is 8.63. The van der Waals surface area contributed by atoms with Crippen LogP contribution in [0.1, 0.15) is 18.5 Å². The van der Waals surface area contributed by atoms with E-state index in [1.54, 1.807) is 6.92 Å². The number of ether oxygens (including phenoxy) is 1. The number of hydrogen-bond acceptors (Lipinski definition) is 4. The molecule has 1 aromatic carbocycles. The maximum absolute atomic E-state index is 12.1. The molecule has 3 atom stereocenters. The third kappa shape index (κ3) is 5.15. The smallest absolute Gasteiger partial charge is 0.308 e. The average Bonchev–Trinajstić information content (AvgIpc) is 2.37. The van der Waals surface area contributed by atoms with Crippen molar-refractivity contribution in [3.05, 3.63) is 35.9 Å². The van der Waals surface area contributed by atoms with Crippen LogP contribution < -0.4 is 5.73 Å². The lowest BCUT2D eigenvalue weighted by Gasteiger charge is -2.19. The average molecular weight is 285 g/mol. The van der Waals surface area contributed by atoms with E-state index in [1.807, 2.05) is 30.3 Å². The molecular formula is C13H20NO4P. The van der Waals surface area contributed by atoms with Crippen molar-refractivity contribution in [3.63, 3.8) is 0 Å². The molecule has 2 unspecified atom stereocenters. The third-order valence-electron chi connectivity index (χ3n) is 2.87. The first-order valence-corrected chi connectivity index (χ1v) is 8.08. The fourth-order valence-electron chi connectivity index (χ4n) is 1.89. The number of carbonyl (C=O) groups is 1. The molecule has 0 aliphatic heterocycles. The Kier molecular flexibility index (Phi) is 5.73. The molecule has 0 saturated heterocycles. The Balaban J connectivity index is 2.64. The van der Waals surface area contributed by atoms with Gasteiger partial charge in [0.2, 0.25) is 7.37 Å². The quantitative estimate of drug-likeness (QED) is 0.614. The maximum Gasteiger partial charge on any atom is 0.308 e. The third-order valence-corrected chi connectivity index (χ3v) is 4.95. The minimum Gasteiger partial charge on any atom is -0.469 e. The Morgan fingerprint density at radius 2 is 1.95 bits per heavy atom. The summed E-state index contributed by atoms with van der Waals surface area (Å²) in [7, 11) is -2.20. The van der Waals surface area contributed by atoms with Crippen LogP contribution >= 0.6 is 7.37 Å². The van der Waals surface area contributed by atoms with E-state index in [-0.39, 0.29) is 12.3 Å². The van der Waals surface area contributed by atoms with Crippen molar-refractivity contribution in [1.29, 1.82) is 0 Å². The van der Waals surface area contributed by atoms with E-state index in [4.69, 9.17) is 5.73 Å². The largest absolute Gasteiger partial charge is 0.469 e. The lowest BCUT2D eigenvalue weighted by molar-refractivity contribution is -0.144. The molecule has 0 spiro atoms. The van der Waals surface area contributed by atoms with Crippen LogP contribution in [-0.2, 0) is 14.1 Å². The van der Waals surface area contributed by atoms with Crippen molar-refractivity contribution in [2.75, 3.05) is 19.4 Å². The van der Waals surface area contributed by atoms with Crippen LogP contribution in [0.5, 0.6) is 0 Å². The molecule has 0 radical (unpaired) electrons. The van der Waals surface area contributed by atoms with Crippen LogP contribution in [0.15, 0.2) is 30.3 Å². The molecular weight excluding hydrogens is 265 g/mol. The monoisotopic (exact) mass is 285 g/mol. The molecule has 5 nitrogen and oxygen atoms in total. The highest BCUT2D eigenvalue weighted by Gasteiger charge is 2.28. The van der Waals surface area contributed by atoms with Gasteiger partial charge in [-0.15, -0.1) is 0 Å². The van der Waals surface area contributed by atoms with Gasteiger partial charge in [-0.2, -0.15) is 0 Å². The molecule has 0 aromatic heterocycles. The lowest BCUT2D eigenvalue weighted by Crippen LogP contribution is -2.21. The van der Waals surface area contributed by atoms with Gasteiger partial charge in [0.1, 0.15) is 0 Å². The van der Waals surface area contributed by atoms with E-state index in [1.165, 1.54) is 7.11 Å². The molecule has 0 saturated carbocycles. The first-order chi connectivity index (χ1) is 8.85. The van der Waals surface area contributed by atoms with Crippen LogP contribution in [0.3, 0.4) is 0 Å². The zero-order valence-electron chi connectivity index (χ0n) is 11.2. The fourth-order valence-corrected chi connectivity index (χ4v) is 3.87. The van der Waals surface area contributed by atoms with Gasteiger partial charge in [-0.3, -0.25) is 9.36 Å². The molecule has 1 rings (SSSR count). The number of methoxy groups -OCH3 is 1. The highest BCUT2D eigenvalue weighted by Crippen LogP contribution is 2.45. The summed E-state index contributed by atoms with van der Waals surface area (Å²) >= 11 is 0. The number of nitrogens with two attached hydrogens (primary N) is 1. The van der Waals surface area contributed by atoms with Crippen molar-refractivity contribution < 1.29 is 19.0 Å². The molecule has 0 aliphatic carbocycles. The second-order valence-corrected chi connectivity index (χ2v) is 7.08. The molecule has 1 aromatic rings. The van der Waals surface area contributed by atoms with Gasteiger partial charge in [-0.25, -0.2) is 0 Å². The zero-order valence-corrected chi connectivity index (χ0v) is 12.0. The Hall–Kier alpha value is -1.16. The first kappa shape index (κ1) is 15.9. The number of carbonyl (C=O) groups excluding carboxylic acids is 1. The van der Waals surface area contributed by atoms with Gasteiger partial charge in [0, 0.05) is 18.4 Å². The molecule has 0 fully saturated rings. The van der Waals surface area contributed by atoms with Crippen molar-refractivity contribution in [2.24, 2.45) is 11.7 Å². The molecule has 0 amide bonds. The van der Waals surface area contributed by atoms with Crippen molar-refractivity contribution in [1.82, 2.24) is 0 Å². The Morgan fingerprint density at radius 3 is 2.47 bits per heavy atom. The molecule has 6 heteroatoms. The number of hydrogen-bond donors (Lipinski definition) is 2. The standard InChI is InChI=1S/C13H20NO4P/c1-10(13(15)18-2)8-19(16,17)9-12(14)11-6-4-3-5-7-11/h3-7,10,12H,8-9,14H2,1-2H3,(H,16,17)/t10?,12-/m1/s1. The molecule has 0 heterocycles. The van der Waals surface area contributed by atoms with E-state index in [0.29, 0.717) is 0 Å². The van der Waals surface area contributed by atoms with Crippen LogP contribution in [0.4, 0.5) is 0 Å². The van der Waals surface area contributed by atoms with Gasteiger partial charge in [0.25, 0.3) is 0 Å². The van der Waals surface area contributed by atoms with Gasteiger partial charge in [0.05, 0.1) is 13.0 Å². The topological polar surface area (TPSA) is 89.6 Å². The van der Waals surface area contributed by atoms with E-state index >= 15 is 0 Å². The summed E-state index contributed by atoms with van der Waals surface area (Å²) in [5, 5.41) is 0. The van der Waals surface area contributed by atoms with Gasteiger partial charge < -0.3 is 15.4 Å². The van der Waals surface area contributed by atoms with E-state index in [0.717, 1.165) is 5.56 Å². The van der Waals surface area contributed by atoms with Crippen LogP contribution in [-0.4, -0.2) is 30.3 Å². The highest BCUT2D eigenvalue weighted by atomic mass is 31.2. The predicted molar refractivity (Wildman–Crippen MR) is 74.1 cm³/mol. The van der Waals surface area contributed by atoms with Gasteiger partial charge in [-0.1, -0.05) is 37.3 Å². The van der Waals surface area contributed by atoms with E-state index in [9.17, 15) is 14.3 Å². The van der Waals surface area contributed by atoms with Crippen LogP contribution in [0.25, 0.3) is 0 Å². The number of rotatable bonds is 6. The first-order valence-electron chi connectivity index (χ1n) is 6.05. The lowest BCUT2D eigenvalue weighted by atomic mass is 10.1. The Bertz CT molecular complexity index is 463. The number of esters is 1. The molecule has 3 N–H and O–H groups in total. The fraction of sp³-hybridized carbons (Fsp3) is 0.462. The van der Waals surface area contributed by atoms with Gasteiger partial charge in [0.15, 0.2) is 0 Å². The summed E-state index contributed by atoms with van der Waals surface area (Å²) in [5.41, 5.74) is 6.72. The van der Waals surface area contributed by atoms with Crippen LogP contribution in [0, 0.1) is 5.92 Å². The van der Waals surface area contributed by atoms with Crippen molar-refractivity contribution >= 4 is 13.3 Å². The van der Waals surface area contributed by atoms with Gasteiger partial charge >= 0.3 is 5.97 Å². The predicted octanol–water partition coefficient (Wildman–Crippen LogP) is 1.77. The number of benzene rings is 1. The zero-order chi connectivity index (χ0) is 14.5. The summed E-state index contributed by atoms with van der Waals surface area (Å²) < 4.78 is 16.6. The Morgan fingerprint density at radius 1 is 1.37 bits per heavy atom. The molecule has 106 valence electrons. The normalized spacial score (nSPS) is 17.3. The summed E-state index contributed by atoms with van der Waals surface area (Å²) in [5.74, 6) is -1.09. The minimum atomic E-state index is -3.46. The van der Waals surface area contributed by atoms with Crippen molar-refractivity contribution in [3.8, 4) is 0 Å². The second-order valence-electron chi connectivity index (χ2n) is 4.65. The summed E-state index contributed by atoms with van der Waals surface area (Å²) in [4.78, 5) is 21.2.